The van der Waals surface area contributed by atoms with Crippen LogP contribution in [-0.4, -0.2) is 37.2 Å². The highest BCUT2D eigenvalue weighted by molar-refractivity contribution is 5.71. The van der Waals surface area contributed by atoms with E-state index in [0.717, 1.165) is 57.8 Å². The van der Waals surface area contributed by atoms with Crippen molar-refractivity contribution in [3.8, 4) is 0 Å². The maximum Gasteiger partial charge on any atom is 0.306 e. The molecule has 0 aliphatic carbocycles. The number of rotatable bonds is 44. The van der Waals surface area contributed by atoms with Crippen LogP contribution in [0.1, 0.15) is 271 Å². The molecule has 1 atom stereocenters. The van der Waals surface area contributed by atoms with Gasteiger partial charge in [-0.05, 0) is 19.3 Å². The molecule has 0 spiro atoms. The summed E-state index contributed by atoms with van der Waals surface area (Å²) in [7, 11) is 0. The third-order valence-corrected chi connectivity index (χ3v) is 10.9. The Labute approximate surface area is 336 Å². The van der Waals surface area contributed by atoms with Gasteiger partial charge in [0, 0.05) is 19.3 Å². The van der Waals surface area contributed by atoms with Crippen molar-refractivity contribution in [2.24, 2.45) is 0 Å². The van der Waals surface area contributed by atoms with Gasteiger partial charge >= 0.3 is 17.9 Å². The van der Waals surface area contributed by atoms with Crippen LogP contribution < -0.4 is 0 Å². The van der Waals surface area contributed by atoms with Crippen LogP contribution in [0.15, 0.2) is 0 Å². The highest BCUT2D eigenvalue weighted by Gasteiger charge is 2.19. The van der Waals surface area contributed by atoms with Crippen LogP contribution in [0.3, 0.4) is 0 Å². The number of hydrogen-bond acceptors (Lipinski definition) is 6. The van der Waals surface area contributed by atoms with Gasteiger partial charge in [-0.1, -0.05) is 233 Å². The van der Waals surface area contributed by atoms with Crippen LogP contribution in [0.25, 0.3) is 0 Å². The maximum absolute atomic E-state index is 12.7. The molecule has 0 aromatic rings. The summed E-state index contributed by atoms with van der Waals surface area (Å²) in [6.07, 6.45) is 45.1. The van der Waals surface area contributed by atoms with E-state index in [9.17, 15) is 14.4 Å². The van der Waals surface area contributed by atoms with Crippen molar-refractivity contribution in [2.45, 2.75) is 277 Å². The van der Waals surface area contributed by atoms with Gasteiger partial charge in [0.1, 0.15) is 13.2 Å². The van der Waals surface area contributed by atoms with Crippen molar-refractivity contribution in [1.82, 2.24) is 0 Å². The summed E-state index contributed by atoms with van der Waals surface area (Å²) in [6.45, 7) is 6.65. The van der Waals surface area contributed by atoms with Crippen molar-refractivity contribution in [2.75, 3.05) is 13.2 Å². The van der Waals surface area contributed by atoms with E-state index in [1.165, 1.54) is 173 Å². The van der Waals surface area contributed by atoms with Crippen molar-refractivity contribution < 1.29 is 28.6 Å². The molecule has 0 heterocycles. The number of carbonyl (C=O) groups is 3. The molecule has 320 valence electrons. The molecular weight excluding hydrogens is 673 g/mol. The minimum absolute atomic E-state index is 0.0624. The molecule has 6 heteroatoms. The predicted octanol–water partition coefficient (Wildman–Crippen LogP) is 15.3. The largest absolute Gasteiger partial charge is 0.462 e. The molecule has 0 N–H and O–H groups in total. The van der Waals surface area contributed by atoms with Crippen LogP contribution in [0.5, 0.6) is 0 Å². The molecule has 54 heavy (non-hydrogen) atoms. The lowest BCUT2D eigenvalue weighted by Crippen LogP contribution is -2.30. The fourth-order valence-corrected chi connectivity index (χ4v) is 7.21. The van der Waals surface area contributed by atoms with E-state index in [2.05, 4.69) is 20.8 Å². The van der Waals surface area contributed by atoms with Crippen molar-refractivity contribution in [3.05, 3.63) is 0 Å². The molecule has 0 aliphatic heterocycles. The Kier molecular flexibility index (Phi) is 42.8. The van der Waals surface area contributed by atoms with Gasteiger partial charge in [0.2, 0.25) is 0 Å². The van der Waals surface area contributed by atoms with Crippen LogP contribution in [-0.2, 0) is 28.6 Å². The summed E-state index contributed by atoms with van der Waals surface area (Å²) in [4.78, 5) is 37.7. The molecule has 0 saturated carbocycles. The summed E-state index contributed by atoms with van der Waals surface area (Å²) >= 11 is 0. The lowest BCUT2D eigenvalue weighted by atomic mass is 10.0. The zero-order valence-corrected chi connectivity index (χ0v) is 36.5. The third-order valence-electron chi connectivity index (χ3n) is 10.9. The Hall–Kier alpha value is -1.59. The van der Waals surface area contributed by atoms with Gasteiger partial charge in [-0.15, -0.1) is 0 Å². The Morgan fingerprint density at radius 2 is 0.500 bits per heavy atom. The maximum atomic E-state index is 12.7. The predicted molar refractivity (Wildman–Crippen MR) is 229 cm³/mol. The monoisotopic (exact) mass is 765 g/mol. The first-order valence-electron chi connectivity index (χ1n) is 24.0. The van der Waals surface area contributed by atoms with Gasteiger partial charge in [-0.3, -0.25) is 14.4 Å². The Bertz CT molecular complexity index is 798. The molecule has 0 saturated heterocycles. The molecule has 0 aromatic carbocycles. The van der Waals surface area contributed by atoms with Gasteiger partial charge in [0.15, 0.2) is 6.10 Å². The first kappa shape index (κ1) is 52.4. The summed E-state index contributed by atoms with van der Waals surface area (Å²) in [5, 5.41) is 0. The first-order chi connectivity index (χ1) is 26.5. The first-order valence-corrected chi connectivity index (χ1v) is 24.0. The molecule has 0 fully saturated rings. The van der Waals surface area contributed by atoms with E-state index >= 15 is 0 Å². The zero-order valence-electron chi connectivity index (χ0n) is 36.5. The lowest BCUT2D eigenvalue weighted by molar-refractivity contribution is -0.167. The number of unbranched alkanes of at least 4 members (excludes halogenated alkanes) is 33. The lowest BCUT2D eigenvalue weighted by Gasteiger charge is -2.18. The van der Waals surface area contributed by atoms with Crippen molar-refractivity contribution in [1.29, 1.82) is 0 Å². The third kappa shape index (κ3) is 41.6. The molecule has 0 aliphatic rings. The van der Waals surface area contributed by atoms with Gasteiger partial charge in [0.05, 0.1) is 0 Å². The summed E-state index contributed by atoms with van der Waals surface area (Å²) in [5.74, 6) is -0.849. The van der Waals surface area contributed by atoms with Crippen LogP contribution >= 0.6 is 0 Å². The van der Waals surface area contributed by atoms with Crippen LogP contribution in [0.4, 0.5) is 0 Å². The molecule has 0 rings (SSSR count). The quantitative estimate of drug-likeness (QED) is 0.0349. The second kappa shape index (κ2) is 44.1. The number of esters is 3. The van der Waals surface area contributed by atoms with Gasteiger partial charge in [-0.25, -0.2) is 0 Å². The molecule has 0 unspecified atom stereocenters. The van der Waals surface area contributed by atoms with E-state index in [1.807, 2.05) is 0 Å². The second-order valence-electron chi connectivity index (χ2n) is 16.4. The average Bonchev–Trinajstić information content (AvgIpc) is 3.17. The second-order valence-corrected chi connectivity index (χ2v) is 16.4. The van der Waals surface area contributed by atoms with E-state index in [0.29, 0.717) is 19.3 Å². The minimum atomic E-state index is -0.758. The minimum Gasteiger partial charge on any atom is -0.462 e. The average molecular weight is 765 g/mol. The highest BCUT2D eigenvalue weighted by atomic mass is 16.6. The van der Waals surface area contributed by atoms with Crippen molar-refractivity contribution >= 4 is 17.9 Å². The van der Waals surface area contributed by atoms with Crippen LogP contribution in [0.2, 0.25) is 0 Å². The topological polar surface area (TPSA) is 78.9 Å². The molecular formula is C48H92O6. The number of carbonyl (C=O) groups excluding carboxylic acids is 3. The fourth-order valence-electron chi connectivity index (χ4n) is 7.21. The number of ether oxygens (including phenoxy) is 3. The summed E-state index contributed by atoms with van der Waals surface area (Å²) < 4.78 is 16.7. The van der Waals surface area contributed by atoms with Gasteiger partial charge < -0.3 is 14.2 Å². The summed E-state index contributed by atoms with van der Waals surface area (Å²) in [6, 6.07) is 0. The normalized spacial score (nSPS) is 11.8. The van der Waals surface area contributed by atoms with Crippen LogP contribution in [0, 0.1) is 0 Å². The Balaban J connectivity index is 4.28. The van der Waals surface area contributed by atoms with Gasteiger partial charge in [0.25, 0.3) is 0 Å². The van der Waals surface area contributed by atoms with Crippen molar-refractivity contribution in [3.63, 3.8) is 0 Å². The molecule has 0 aromatic heterocycles. The Morgan fingerprint density at radius 1 is 0.296 bits per heavy atom. The highest BCUT2D eigenvalue weighted by Crippen LogP contribution is 2.16. The Morgan fingerprint density at radius 3 is 0.741 bits per heavy atom. The van der Waals surface area contributed by atoms with E-state index in [1.54, 1.807) is 0 Å². The SMILES string of the molecule is CCCCCCCCCCCCCCCCCC(=O)OC[C@@H](COC(=O)CCCCCCCCCCCC)OC(=O)CCCCCCCCCCCCC. The van der Waals surface area contributed by atoms with E-state index < -0.39 is 6.10 Å². The molecule has 0 radical (unpaired) electrons. The summed E-state index contributed by atoms with van der Waals surface area (Å²) in [5.41, 5.74) is 0. The molecule has 0 bridgehead atoms. The van der Waals surface area contributed by atoms with Gasteiger partial charge in [-0.2, -0.15) is 0 Å². The smallest absolute Gasteiger partial charge is 0.306 e. The standard InChI is InChI=1S/C48H92O6/c1-4-7-10-13-16-19-22-23-24-25-27-29-32-35-38-41-47(50)53-44-45(43-52-46(49)40-37-34-31-28-21-18-15-12-9-6-3)54-48(51)42-39-36-33-30-26-20-17-14-11-8-5-2/h45H,4-44H2,1-3H3/t45-/m1/s1. The molecule has 6 nitrogen and oxygen atoms in total. The van der Waals surface area contributed by atoms with E-state index in [-0.39, 0.29) is 31.1 Å². The fraction of sp³-hybridized carbons (Fsp3) is 0.938. The molecule has 0 amide bonds. The number of hydrogen-bond donors (Lipinski definition) is 0. The van der Waals surface area contributed by atoms with E-state index in [4.69, 9.17) is 14.2 Å². The zero-order chi connectivity index (χ0) is 39.4.